The summed E-state index contributed by atoms with van der Waals surface area (Å²) in [6.45, 7) is 22.3. The molecule has 0 aromatic heterocycles. The monoisotopic (exact) mass is 696 g/mol. The fourth-order valence-corrected chi connectivity index (χ4v) is 7.18. The molecule has 0 saturated heterocycles. The average molecular weight is 699 g/mol. The zero-order valence-corrected chi connectivity index (χ0v) is 31.8. The largest absolute Gasteiger partial charge is 1.00 e. The Morgan fingerprint density at radius 1 is 0.750 bits per heavy atom. The molecule has 0 radical (unpaired) electrons. The second-order valence-electron chi connectivity index (χ2n) is 13.7. The van der Waals surface area contributed by atoms with Crippen molar-refractivity contribution < 1.29 is 49.0 Å². The maximum absolute atomic E-state index is 3.15. The molecule has 0 N–H and O–H groups in total. The molecule has 0 saturated carbocycles. The molecule has 1 unspecified atom stereocenters. The summed E-state index contributed by atoms with van der Waals surface area (Å²) >= 11 is 1.51. The van der Waals surface area contributed by atoms with E-state index >= 15 is 0 Å². The summed E-state index contributed by atoms with van der Waals surface area (Å²) in [5.74, 6) is 0.556. The molecule has 4 aromatic carbocycles. The Morgan fingerprint density at radius 2 is 1.20 bits per heavy atom. The predicted molar refractivity (Wildman–Crippen MR) is 182 cm³/mol. The van der Waals surface area contributed by atoms with Crippen molar-refractivity contribution in [3.8, 4) is 0 Å². The first kappa shape index (κ1) is 36.3. The smallest absolute Gasteiger partial charge is 1.00 e. The Bertz CT molecular complexity index is 1750. The van der Waals surface area contributed by atoms with Gasteiger partial charge in [-0.05, 0) is 36.1 Å². The molecule has 0 aliphatic heterocycles. The molecule has 0 nitrogen and oxygen atoms in total. The summed E-state index contributed by atoms with van der Waals surface area (Å²) in [4.78, 5) is 0. The van der Waals surface area contributed by atoms with Gasteiger partial charge in [0.15, 0.2) is 0 Å². The van der Waals surface area contributed by atoms with Crippen LogP contribution in [0.1, 0.15) is 95.7 Å². The molecule has 7 rings (SSSR count). The Hall–Kier alpha value is -2.18. The molecule has 3 heteroatoms. The number of hydrogen-bond acceptors (Lipinski definition) is 0. The molecule has 0 bridgehead atoms. The second kappa shape index (κ2) is 13.7. The van der Waals surface area contributed by atoms with E-state index in [0.29, 0.717) is 5.92 Å². The molecule has 44 heavy (non-hydrogen) atoms. The number of benzene rings is 3. The third kappa shape index (κ3) is 7.28. The van der Waals surface area contributed by atoms with Crippen LogP contribution in [0, 0.1) is 18.9 Å². The quantitative estimate of drug-likeness (QED) is 0.242. The molecular weight excluding hydrogens is 655 g/mol. The van der Waals surface area contributed by atoms with E-state index in [0.717, 1.165) is 0 Å². The SMILES string of the molecule is CC1=CC(C)(C)c2cc3[cH-]c4cc5c(cc4c3cc21)C(C)=CC5(C)C.CC1=CC(C)[C-]=C1.C[C](=[Zr+2])c1ccc(C)cc1.[Cl-].[Cl-]. The summed E-state index contributed by atoms with van der Waals surface area (Å²) in [5, 5.41) is 5.57. The topological polar surface area (TPSA) is 0 Å². The summed E-state index contributed by atoms with van der Waals surface area (Å²) in [7, 11) is 0. The van der Waals surface area contributed by atoms with E-state index in [-0.39, 0.29) is 35.6 Å². The number of hydrogen-bond donors (Lipinski definition) is 0. The number of fused-ring (bicyclic) bond motifs is 5. The van der Waals surface area contributed by atoms with Gasteiger partial charge in [-0.25, -0.2) is 11.6 Å². The van der Waals surface area contributed by atoms with Crippen LogP contribution in [0.5, 0.6) is 0 Å². The predicted octanol–water partition coefficient (Wildman–Crippen LogP) is 5.13. The van der Waals surface area contributed by atoms with Crippen molar-refractivity contribution in [2.45, 2.75) is 80.1 Å². The van der Waals surface area contributed by atoms with Crippen LogP contribution < -0.4 is 24.8 Å². The van der Waals surface area contributed by atoms with Crippen LogP contribution in [0.25, 0.3) is 32.7 Å². The number of halogens is 2. The van der Waals surface area contributed by atoms with Crippen molar-refractivity contribution >= 4 is 35.9 Å². The van der Waals surface area contributed by atoms with E-state index in [4.69, 9.17) is 0 Å². The van der Waals surface area contributed by atoms with Crippen molar-refractivity contribution in [3.63, 3.8) is 0 Å². The van der Waals surface area contributed by atoms with E-state index in [9.17, 15) is 0 Å². The minimum atomic E-state index is 0. The van der Waals surface area contributed by atoms with Gasteiger partial charge in [0.1, 0.15) is 0 Å². The molecule has 4 aromatic rings. The fraction of sp³-hybridized carbons (Fsp3) is 0.317. The van der Waals surface area contributed by atoms with Gasteiger partial charge in [0, 0.05) is 10.8 Å². The maximum Gasteiger partial charge on any atom is -1.00 e. The number of aryl methyl sites for hydroxylation is 1. The minimum Gasteiger partial charge on any atom is -1.00 e. The van der Waals surface area contributed by atoms with E-state index in [1.54, 1.807) is 0 Å². The van der Waals surface area contributed by atoms with Gasteiger partial charge in [-0.1, -0.05) is 75.9 Å². The second-order valence-corrected chi connectivity index (χ2v) is 15.6. The zero-order valence-electron chi connectivity index (χ0n) is 27.8. The molecule has 3 aliphatic carbocycles. The van der Waals surface area contributed by atoms with Crippen LogP contribution in [0.2, 0.25) is 0 Å². The van der Waals surface area contributed by atoms with Gasteiger partial charge < -0.3 is 24.8 Å². The fourth-order valence-electron chi connectivity index (χ4n) is 6.77. The van der Waals surface area contributed by atoms with Crippen LogP contribution in [0.4, 0.5) is 0 Å². The third-order valence-electron chi connectivity index (χ3n) is 8.94. The summed E-state index contributed by atoms with van der Waals surface area (Å²) in [6, 6.07) is 20.8. The molecule has 0 fully saturated rings. The first-order valence-corrected chi connectivity index (χ1v) is 16.4. The van der Waals surface area contributed by atoms with E-state index < -0.39 is 0 Å². The molecular formula is C41H44Cl2Zr-2. The first-order valence-electron chi connectivity index (χ1n) is 15.2. The van der Waals surface area contributed by atoms with E-state index in [1.807, 2.05) is 6.08 Å². The van der Waals surface area contributed by atoms with Gasteiger partial charge >= 0.3 is 76.7 Å². The van der Waals surface area contributed by atoms with Crippen molar-refractivity contribution in [1.82, 2.24) is 0 Å². The third-order valence-corrected chi connectivity index (χ3v) is 9.65. The van der Waals surface area contributed by atoms with Crippen LogP contribution in [0.15, 0.2) is 84.5 Å². The molecule has 0 spiro atoms. The standard InChI is InChI=1S/C25H25.C9H10.C7H9.2ClH.Zr/c1-14-12-24(3,4)22-8-16-7-17-9-23-19(15(2)13-25(23,5)6)11-21(17)20(16)10-18(14)22;1-3-9-6-4-8(2)5-7-9;1-6-3-4-7(2)5-6;;;/h7-13H,1-6H3;4-7H,1-2H3;3,5,7H,1-2H3;2*1H;/q-1;;-1;;;+2/p-2. The first-order chi connectivity index (χ1) is 19.7. The van der Waals surface area contributed by atoms with Crippen molar-refractivity contribution in [2.24, 2.45) is 5.92 Å². The van der Waals surface area contributed by atoms with Crippen molar-refractivity contribution in [3.05, 3.63) is 124 Å². The summed E-state index contributed by atoms with van der Waals surface area (Å²) in [5.41, 5.74) is 13.0. The Balaban J connectivity index is 0.000000231. The average Bonchev–Trinajstić information content (AvgIpc) is 3.59. The summed E-state index contributed by atoms with van der Waals surface area (Å²) < 4.78 is 1.46. The van der Waals surface area contributed by atoms with Crippen LogP contribution in [0.3, 0.4) is 0 Å². The Kier molecular flexibility index (Phi) is 11.3. The molecule has 228 valence electrons. The van der Waals surface area contributed by atoms with Gasteiger partial charge in [0.25, 0.3) is 0 Å². The van der Waals surface area contributed by atoms with Crippen molar-refractivity contribution in [2.75, 3.05) is 0 Å². The Labute approximate surface area is 292 Å². The van der Waals surface area contributed by atoms with Crippen molar-refractivity contribution in [1.29, 1.82) is 0 Å². The van der Waals surface area contributed by atoms with E-state index in [2.05, 4.69) is 148 Å². The number of allylic oxidation sites excluding steroid dienone is 8. The van der Waals surface area contributed by atoms with Crippen LogP contribution >= 0.6 is 0 Å². The minimum absolute atomic E-state index is 0. The van der Waals surface area contributed by atoms with E-state index in [1.165, 1.54) is 99.1 Å². The Morgan fingerprint density at radius 3 is 1.55 bits per heavy atom. The van der Waals surface area contributed by atoms with Gasteiger partial charge in [-0.3, -0.25) is 6.08 Å². The molecule has 3 aliphatic rings. The number of rotatable bonds is 1. The van der Waals surface area contributed by atoms with Crippen LogP contribution in [-0.4, -0.2) is 3.21 Å². The molecule has 1 atom stereocenters. The molecule has 0 heterocycles. The van der Waals surface area contributed by atoms with Gasteiger partial charge in [-0.2, -0.15) is 6.08 Å². The normalized spacial score (nSPS) is 18.0. The maximum atomic E-state index is 3.15. The van der Waals surface area contributed by atoms with Gasteiger partial charge in [0.2, 0.25) is 0 Å². The summed E-state index contributed by atoms with van der Waals surface area (Å²) in [6.07, 6.45) is 12.2. The molecule has 0 amide bonds. The van der Waals surface area contributed by atoms with Crippen LogP contribution in [-0.2, 0) is 35.1 Å². The zero-order chi connectivity index (χ0) is 30.6. The van der Waals surface area contributed by atoms with Gasteiger partial charge in [0.05, 0.1) is 0 Å². The van der Waals surface area contributed by atoms with Gasteiger partial charge in [-0.15, -0.1) is 46.7 Å².